The Bertz CT molecular complexity index is 630. The number of nitrogens with zero attached hydrogens (tertiary/aromatic N) is 3. The zero-order valence-corrected chi connectivity index (χ0v) is 10.4. The van der Waals surface area contributed by atoms with Gasteiger partial charge in [-0.15, -0.1) is 0 Å². The van der Waals surface area contributed by atoms with E-state index >= 15 is 0 Å². The summed E-state index contributed by atoms with van der Waals surface area (Å²) in [5.41, 5.74) is -1.10. The van der Waals surface area contributed by atoms with Crippen LogP contribution < -0.4 is 5.32 Å². The molecule has 0 saturated carbocycles. The lowest BCUT2D eigenvalue weighted by Crippen LogP contribution is -2.15. The number of aromatic nitrogens is 3. The van der Waals surface area contributed by atoms with Crippen LogP contribution in [0.1, 0.15) is 16.1 Å². The molecule has 5 nitrogen and oxygen atoms in total. The molecule has 0 aliphatic rings. The van der Waals surface area contributed by atoms with Crippen LogP contribution in [0.5, 0.6) is 0 Å². The Morgan fingerprint density at radius 3 is 2.50 bits per heavy atom. The summed E-state index contributed by atoms with van der Waals surface area (Å²) < 4.78 is 37.0. The van der Waals surface area contributed by atoms with Gasteiger partial charge in [-0.3, -0.25) is 9.78 Å². The molecule has 0 fully saturated rings. The lowest BCUT2D eigenvalue weighted by Gasteiger charge is -2.07. The van der Waals surface area contributed by atoms with E-state index in [9.17, 15) is 18.0 Å². The van der Waals surface area contributed by atoms with Crippen molar-refractivity contribution >= 4 is 23.3 Å². The Morgan fingerprint density at radius 2 is 1.95 bits per heavy atom. The van der Waals surface area contributed by atoms with E-state index in [0.717, 1.165) is 12.1 Å². The highest BCUT2D eigenvalue weighted by Gasteiger charge is 2.30. The number of halogens is 4. The predicted molar refractivity (Wildman–Crippen MR) is 64.2 cm³/mol. The SMILES string of the molecule is O=C(Nc1ccnc(Cl)n1)c1ccc(C(F)(F)F)cn1. The fourth-order valence-corrected chi connectivity index (χ4v) is 1.43. The molecule has 0 atom stereocenters. The Hall–Kier alpha value is -2.22. The molecule has 2 aromatic heterocycles. The zero-order valence-electron chi connectivity index (χ0n) is 9.65. The lowest BCUT2D eigenvalue weighted by molar-refractivity contribution is -0.137. The molecule has 2 aromatic rings. The zero-order chi connectivity index (χ0) is 14.8. The molecule has 1 N–H and O–H groups in total. The molecule has 1 amide bonds. The minimum atomic E-state index is -4.50. The van der Waals surface area contributed by atoms with Crippen LogP contribution in [0.2, 0.25) is 5.28 Å². The molecule has 0 bridgehead atoms. The third-order valence-electron chi connectivity index (χ3n) is 2.19. The third-order valence-corrected chi connectivity index (χ3v) is 2.37. The smallest absolute Gasteiger partial charge is 0.305 e. The van der Waals surface area contributed by atoms with Crippen molar-refractivity contribution in [2.24, 2.45) is 0 Å². The third kappa shape index (κ3) is 3.41. The standard InChI is InChI=1S/C11H6ClF3N4O/c12-10-16-4-3-8(19-10)18-9(20)7-2-1-6(5-17-7)11(13,14)15/h1-5H,(H,16,18,19,20). The van der Waals surface area contributed by atoms with Gasteiger partial charge in [-0.2, -0.15) is 13.2 Å². The Morgan fingerprint density at radius 1 is 1.20 bits per heavy atom. The van der Waals surface area contributed by atoms with Crippen molar-refractivity contribution in [1.29, 1.82) is 0 Å². The van der Waals surface area contributed by atoms with Gasteiger partial charge in [0.2, 0.25) is 5.28 Å². The quantitative estimate of drug-likeness (QED) is 0.866. The van der Waals surface area contributed by atoms with Crippen molar-refractivity contribution < 1.29 is 18.0 Å². The van der Waals surface area contributed by atoms with Crippen LogP contribution in [0.25, 0.3) is 0 Å². The number of carbonyl (C=O) groups excluding carboxylic acids is 1. The molecule has 0 aliphatic carbocycles. The van der Waals surface area contributed by atoms with Crippen LogP contribution in [0, 0.1) is 0 Å². The van der Waals surface area contributed by atoms with Crippen molar-refractivity contribution in [3.8, 4) is 0 Å². The fourth-order valence-electron chi connectivity index (χ4n) is 1.28. The monoisotopic (exact) mass is 302 g/mol. The van der Waals surface area contributed by atoms with Gasteiger partial charge in [0.05, 0.1) is 5.56 Å². The van der Waals surface area contributed by atoms with E-state index in [1.165, 1.54) is 12.3 Å². The number of carbonyl (C=O) groups is 1. The van der Waals surface area contributed by atoms with E-state index in [-0.39, 0.29) is 16.8 Å². The van der Waals surface area contributed by atoms with Gasteiger partial charge >= 0.3 is 6.18 Å². The van der Waals surface area contributed by atoms with Gasteiger partial charge in [-0.1, -0.05) is 0 Å². The maximum Gasteiger partial charge on any atom is 0.417 e. The van der Waals surface area contributed by atoms with Crippen LogP contribution in [0.4, 0.5) is 19.0 Å². The summed E-state index contributed by atoms with van der Waals surface area (Å²) in [6.07, 6.45) is -2.59. The lowest BCUT2D eigenvalue weighted by atomic mass is 10.2. The summed E-state index contributed by atoms with van der Waals surface area (Å²) >= 11 is 5.53. The maximum atomic E-state index is 12.3. The van der Waals surface area contributed by atoms with E-state index in [0.29, 0.717) is 6.20 Å². The number of nitrogens with one attached hydrogen (secondary N) is 1. The Labute approximate surface area is 115 Å². The molecule has 0 spiro atoms. The molecule has 0 radical (unpaired) electrons. The molecule has 0 saturated heterocycles. The summed E-state index contributed by atoms with van der Waals surface area (Å²) in [5, 5.41) is 2.27. The average Bonchev–Trinajstić information content (AvgIpc) is 2.38. The number of amides is 1. The molecule has 104 valence electrons. The molecule has 2 heterocycles. The normalized spacial score (nSPS) is 11.2. The Balaban J connectivity index is 2.14. The maximum absolute atomic E-state index is 12.3. The number of pyridine rings is 1. The summed E-state index contributed by atoms with van der Waals surface area (Å²) in [7, 11) is 0. The van der Waals surface area contributed by atoms with E-state index in [2.05, 4.69) is 20.3 Å². The average molecular weight is 303 g/mol. The van der Waals surface area contributed by atoms with Gasteiger partial charge in [0, 0.05) is 12.4 Å². The van der Waals surface area contributed by atoms with Gasteiger partial charge < -0.3 is 5.32 Å². The number of hydrogen-bond donors (Lipinski definition) is 1. The van der Waals surface area contributed by atoms with Crippen LogP contribution in [0.3, 0.4) is 0 Å². The van der Waals surface area contributed by atoms with E-state index < -0.39 is 17.6 Å². The molecule has 0 aromatic carbocycles. The van der Waals surface area contributed by atoms with Crippen LogP contribution in [-0.4, -0.2) is 20.9 Å². The minimum absolute atomic E-state index is 0.0665. The van der Waals surface area contributed by atoms with Gasteiger partial charge in [0.15, 0.2) is 0 Å². The summed E-state index contributed by atoms with van der Waals surface area (Å²) in [6, 6.07) is 3.13. The fraction of sp³-hybridized carbons (Fsp3) is 0.0909. The van der Waals surface area contributed by atoms with Crippen molar-refractivity contribution in [2.45, 2.75) is 6.18 Å². The van der Waals surface area contributed by atoms with Gasteiger partial charge in [0.25, 0.3) is 5.91 Å². The molecule has 0 aliphatic heterocycles. The van der Waals surface area contributed by atoms with Crippen molar-refractivity contribution in [1.82, 2.24) is 15.0 Å². The number of anilines is 1. The van der Waals surface area contributed by atoms with E-state index in [1.807, 2.05) is 0 Å². The Kier molecular flexibility index (Phi) is 3.84. The summed E-state index contributed by atoms with van der Waals surface area (Å²) in [4.78, 5) is 22.5. The van der Waals surface area contributed by atoms with Crippen molar-refractivity contribution in [3.05, 3.63) is 47.1 Å². The van der Waals surface area contributed by atoms with E-state index in [4.69, 9.17) is 11.6 Å². The first-order valence-electron chi connectivity index (χ1n) is 5.19. The number of rotatable bonds is 2. The highest BCUT2D eigenvalue weighted by Crippen LogP contribution is 2.28. The molecule has 0 unspecified atom stereocenters. The van der Waals surface area contributed by atoms with Crippen molar-refractivity contribution in [3.63, 3.8) is 0 Å². The molecule has 9 heteroatoms. The summed E-state index contributed by atoms with van der Waals surface area (Å²) in [6.45, 7) is 0. The second-order valence-electron chi connectivity index (χ2n) is 3.59. The first-order chi connectivity index (χ1) is 9.36. The van der Waals surface area contributed by atoms with Crippen LogP contribution >= 0.6 is 11.6 Å². The van der Waals surface area contributed by atoms with Crippen LogP contribution in [0.15, 0.2) is 30.6 Å². The topological polar surface area (TPSA) is 67.8 Å². The first kappa shape index (κ1) is 14.2. The summed E-state index contributed by atoms with van der Waals surface area (Å²) in [5.74, 6) is -0.579. The highest BCUT2D eigenvalue weighted by atomic mass is 35.5. The second kappa shape index (κ2) is 5.41. The minimum Gasteiger partial charge on any atom is -0.305 e. The predicted octanol–water partition coefficient (Wildman–Crippen LogP) is 2.80. The van der Waals surface area contributed by atoms with Gasteiger partial charge in [-0.05, 0) is 29.8 Å². The van der Waals surface area contributed by atoms with Gasteiger partial charge in [-0.25, -0.2) is 9.97 Å². The second-order valence-corrected chi connectivity index (χ2v) is 3.93. The van der Waals surface area contributed by atoms with Gasteiger partial charge in [0.1, 0.15) is 11.5 Å². The largest absolute Gasteiger partial charge is 0.417 e. The number of hydrogen-bond acceptors (Lipinski definition) is 4. The molecule has 20 heavy (non-hydrogen) atoms. The molecule has 2 rings (SSSR count). The van der Waals surface area contributed by atoms with Crippen LogP contribution in [-0.2, 0) is 6.18 Å². The van der Waals surface area contributed by atoms with Crippen molar-refractivity contribution in [2.75, 3.05) is 5.32 Å². The number of alkyl halides is 3. The molecular weight excluding hydrogens is 297 g/mol. The highest BCUT2D eigenvalue weighted by molar-refractivity contribution is 6.28. The first-order valence-corrected chi connectivity index (χ1v) is 5.57. The van der Waals surface area contributed by atoms with E-state index in [1.54, 1.807) is 0 Å². The molecular formula is C11H6ClF3N4O.